The summed E-state index contributed by atoms with van der Waals surface area (Å²) in [5.41, 5.74) is 3.98. The summed E-state index contributed by atoms with van der Waals surface area (Å²) in [5.74, 6) is 0. The van der Waals surface area contributed by atoms with Gasteiger partial charge in [0.25, 0.3) is 0 Å². The number of rotatable bonds is 0. The standard InChI is InChI=1S/C8H10.C7H8.H2/c1-7-3-5-8(2)6-4-7;1-7-5-3-2-4-6-7;/h3-6H,1-2H3;2-6H,1H3;1H. The molecule has 0 N–H and O–H groups in total. The van der Waals surface area contributed by atoms with Crippen molar-refractivity contribution in [2.24, 2.45) is 0 Å². The Bertz CT molecular complexity index is 355. The van der Waals surface area contributed by atoms with Crippen molar-refractivity contribution in [1.29, 1.82) is 0 Å². The first-order valence-electron chi connectivity index (χ1n) is 5.23. The molecule has 0 saturated heterocycles. The molecule has 0 aromatic heterocycles. The van der Waals surface area contributed by atoms with Gasteiger partial charge in [0.1, 0.15) is 0 Å². The quantitative estimate of drug-likeness (QED) is 0.585. The van der Waals surface area contributed by atoms with Crippen LogP contribution in [-0.2, 0) is 0 Å². The van der Waals surface area contributed by atoms with E-state index in [-0.39, 0.29) is 1.43 Å². The Balaban J connectivity index is 0.000000267. The molecule has 0 heteroatoms. The van der Waals surface area contributed by atoms with Gasteiger partial charge in [0.2, 0.25) is 0 Å². The summed E-state index contributed by atoms with van der Waals surface area (Å²) in [7, 11) is 0. The van der Waals surface area contributed by atoms with Crippen LogP contribution < -0.4 is 0 Å². The fraction of sp³-hybridized carbons (Fsp3) is 0.200. The molecule has 0 atom stereocenters. The summed E-state index contributed by atoms with van der Waals surface area (Å²) in [5, 5.41) is 0. The second kappa shape index (κ2) is 6.02. The molecule has 80 valence electrons. The second-order valence-electron chi connectivity index (χ2n) is 3.81. The largest absolute Gasteiger partial charge is 0.0622 e. The van der Waals surface area contributed by atoms with Gasteiger partial charge in [0, 0.05) is 1.43 Å². The molecule has 2 rings (SSSR count). The van der Waals surface area contributed by atoms with Crippen molar-refractivity contribution in [2.45, 2.75) is 20.8 Å². The summed E-state index contributed by atoms with van der Waals surface area (Å²) in [6.07, 6.45) is 0. The molecule has 0 amide bonds. The van der Waals surface area contributed by atoms with Crippen LogP contribution >= 0.6 is 0 Å². The summed E-state index contributed by atoms with van der Waals surface area (Å²) < 4.78 is 0. The predicted molar refractivity (Wildman–Crippen MR) is 69.2 cm³/mol. The molecule has 0 spiro atoms. The minimum absolute atomic E-state index is 0. The van der Waals surface area contributed by atoms with E-state index >= 15 is 0 Å². The molecule has 0 aliphatic heterocycles. The van der Waals surface area contributed by atoms with E-state index in [1.165, 1.54) is 16.7 Å². The Kier molecular flexibility index (Phi) is 4.62. The van der Waals surface area contributed by atoms with Gasteiger partial charge in [-0.3, -0.25) is 0 Å². The van der Waals surface area contributed by atoms with Gasteiger partial charge < -0.3 is 0 Å². The van der Waals surface area contributed by atoms with Crippen LogP contribution in [0.25, 0.3) is 0 Å². The third-order valence-corrected chi connectivity index (χ3v) is 2.16. The summed E-state index contributed by atoms with van der Waals surface area (Å²) in [6, 6.07) is 18.7. The molecule has 0 nitrogen and oxygen atoms in total. The van der Waals surface area contributed by atoms with Crippen molar-refractivity contribution in [3.63, 3.8) is 0 Å². The Morgan fingerprint density at radius 3 is 1.13 bits per heavy atom. The number of hydrogen-bond donors (Lipinski definition) is 0. The maximum absolute atomic E-state index is 2.12. The van der Waals surface area contributed by atoms with E-state index < -0.39 is 0 Å². The maximum atomic E-state index is 2.12. The molecule has 0 bridgehead atoms. The highest BCUT2D eigenvalue weighted by atomic mass is 13.9. The van der Waals surface area contributed by atoms with E-state index in [1.54, 1.807) is 0 Å². The Hall–Kier alpha value is -1.56. The van der Waals surface area contributed by atoms with Crippen LogP contribution in [-0.4, -0.2) is 0 Å². The van der Waals surface area contributed by atoms with Gasteiger partial charge in [0.15, 0.2) is 0 Å². The monoisotopic (exact) mass is 200 g/mol. The van der Waals surface area contributed by atoms with Gasteiger partial charge in [-0.15, -0.1) is 0 Å². The molecule has 15 heavy (non-hydrogen) atoms. The third-order valence-electron chi connectivity index (χ3n) is 2.16. The zero-order valence-electron chi connectivity index (χ0n) is 9.70. The fourth-order valence-corrected chi connectivity index (χ4v) is 1.17. The molecule has 2 aromatic carbocycles. The van der Waals surface area contributed by atoms with E-state index in [0.29, 0.717) is 0 Å². The lowest BCUT2D eigenvalue weighted by Crippen LogP contribution is -1.70. The lowest BCUT2D eigenvalue weighted by molar-refractivity contribution is 1.40. The highest BCUT2D eigenvalue weighted by Crippen LogP contribution is 1.99. The molecule has 0 unspecified atom stereocenters. The SMILES string of the molecule is Cc1ccc(C)cc1.Cc1ccccc1.[HH]. The van der Waals surface area contributed by atoms with Crippen LogP contribution in [0.2, 0.25) is 0 Å². The van der Waals surface area contributed by atoms with E-state index in [4.69, 9.17) is 0 Å². The molecule has 0 fully saturated rings. The summed E-state index contributed by atoms with van der Waals surface area (Å²) >= 11 is 0. The van der Waals surface area contributed by atoms with Crippen molar-refractivity contribution in [1.82, 2.24) is 0 Å². The zero-order valence-corrected chi connectivity index (χ0v) is 9.70. The Morgan fingerprint density at radius 1 is 0.533 bits per heavy atom. The Labute approximate surface area is 94.1 Å². The average molecular weight is 200 g/mol. The van der Waals surface area contributed by atoms with Crippen molar-refractivity contribution >= 4 is 0 Å². The molecule has 0 aliphatic carbocycles. The maximum Gasteiger partial charge on any atom is 0 e. The Morgan fingerprint density at radius 2 is 0.867 bits per heavy atom. The van der Waals surface area contributed by atoms with Gasteiger partial charge in [-0.25, -0.2) is 0 Å². The summed E-state index contributed by atoms with van der Waals surface area (Å²) in [4.78, 5) is 0. The predicted octanol–water partition coefficient (Wildman–Crippen LogP) is 4.54. The molecule has 2 aromatic rings. The molecule has 0 radical (unpaired) electrons. The molecule has 0 aliphatic rings. The van der Waals surface area contributed by atoms with Crippen LogP contribution in [0.1, 0.15) is 18.1 Å². The van der Waals surface area contributed by atoms with E-state index in [9.17, 15) is 0 Å². The van der Waals surface area contributed by atoms with Crippen LogP contribution in [0, 0.1) is 20.8 Å². The van der Waals surface area contributed by atoms with E-state index in [1.807, 2.05) is 18.2 Å². The van der Waals surface area contributed by atoms with Gasteiger partial charge in [0.05, 0.1) is 0 Å². The highest BCUT2D eigenvalue weighted by molar-refractivity contribution is 5.19. The van der Waals surface area contributed by atoms with Crippen molar-refractivity contribution in [2.75, 3.05) is 0 Å². The first-order chi connectivity index (χ1) is 7.18. The van der Waals surface area contributed by atoms with E-state index in [0.717, 1.165) is 0 Å². The van der Waals surface area contributed by atoms with Gasteiger partial charge >= 0.3 is 0 Å². The normalized spacial score (nSPS) is 9.00. The number of benzene rings is 2. The van der Waals surface area contributed by atoms with Crippen LogP contribution in [0.5, 0.6) is 0 Å². The molecule has 0 heterocycles. The first kappa shape index (κ1) is 11.5. The smallest absolute Gasteiger partial charge is 0 e. The molecular formula is C15H20. The minimum Gasteiger partial charge on any atom is -0.0622 e. The van der Waals surface area contributed by atoms with Gasteiger partial charge in [-0.05, 0) is 20.8 Å². The lowest BCUT2D eigenvalue weighted by atomic mass is 10.2. The van der Waals surface area contributed by atoms with Gasteiger partial charge in [-0.2, -0.15) is 0 Å². The number of hydrogen-bond acceptors (Lipinski definition) is 0. The third kappa shape index (κ3) is 5.02. The second-order valence-corrected chi connectivity index (χ2v) is 3.81. The topological polar surface area (TPSA) is 0 Å². The van der Waals surface area contributed by atoms with Gasteiger partial charge in [-0.1, -0.05) is 71.3 Å². The minimum atomic E-state index is 0. The lowest BCUT2D eigenvalue weighted by Gasteiger charge is -1.90. The van der Waals surface area contributed by atoms with Crippen LogP contribution in [0.3, 0.4) is 0 Å². The van der Waals surface area contributed by atoms with E-state index in [2.05, 4.69) is 57.2 Å². The summed E-state index contributed by atoms with van der Waals surface area (Å²) in [6.45, 7) is 6.28. The van der Waals surface area contributed by atoms with Crippen LogP contribution in [0.4, 0.5) is 0 Å². The first-order valence-corrected chi connectivity index (χ1v) is 5.23. The highest BCUT2D eigenvalue weighted by Gasteiger charge is 1.79. The molecule has 0 saturated carbocycles. The van der Waals surface area contributed by atoms with Crippen molar-refractivity contribution < 1.29 is 1.43 Å². The van der Waals surface area contributed by atoms with Crippen molar-refractivity contribution in [3.05, 3.63) is 71.3 Å². The number of aryl methyl sites for hydroxylation is 3. The van der Waals surface area contributed by atoms with Crippen LogP contribution in [0.15, 0.2) is 54.6 Å². The molecular weight excluding hydrogens is 180 g/mol. The average Bonchev–Trinajstić information content (AvgIpc) is 2.25. The zero-order chi connectivity index (χ0) is 11.1. The fourth-order valence-electron chi connectivity index (χ4n) is 1.17. The van der Waals surface area contributed by atoms with Crippen molar-refractivity contribution in [3.8, 4) is 0 Å².